The Labute approximate surface area is 106 Å². The first-order valence-corrected chi connectivity index (χ1v) is 5.92. The van der Waals surface area contributed by atoms with E-state index in [4.69, 9.17) is 5.26 Å². The van der Waals surface area contributed by atoms with Gasteiger partial charge in [0.05, 0.1) is 22.9 Å². The first kappa shape index (κ1) is 12.4. The third-order valence-electron chi connectivity index (χ3n) is 3.51. The second kappa shape index (κ2) is 4.65. The van der Waals surface area contributed by atoms with Crippen LogP contribution in [0, 0.1) is 16.7 Å². The number of amides is 1. The molecule has 1 amide bonds. The minimum absolute atomic E-state index is 0.0485. The van der Waals surface area contributed by atoms with Crippen molar-refractivity contribution in [3.63, 3.8) is 0 Å². The quantitative estimate of drug-likeness (QED) is 0.839. The number of aromatic nitrogens is 1. The van der Waals surface area contributed by atoms with Crippen molar-refractivity contribution in [2.45, 2.75) is 13.3 Å². The molecule has 0 bridgehead atoms. The van der Waals surface area contributed by atoms with E-state index >= 15 is 0 Å². The van der Waals surface area contributed by atoms with Gasteiger partial charge in [0.25, 0.3) is 0 Å². The van der Waals surface area contributed by atoms with Crippen LogP contribution in [-0.2, 0) is 4.79 Å². The average Bonchev–Trinajstić information content (AvgIpc) is 2.81. The van der Waals surface area contributed by atoms with Gasteiger partial charge in [-0.25, -0.2) is 0 Å². The van der Waals surface area contributed by atoms with E-state index in [1.165, 1.54) is 0 Å². The topological polar surface area (TPSA) is 69.0 Å². The fourth-order valence-corrected chi connectivity index (χ4v) is 2.39. The Balaban J connectivity index is 2.24. The lowest BCUT2D eigenvalue weighted by molar-refractivity contribution is -0.128. The van der Waals surface area contributed by atoms with Crippen LogP contribution in [0.15, 0.2) is 18.5 Å². The van der Waals surface area contributed by atoms with Crippen LogP contribution in [-0.4, -0.2) is 31.0 Å². The normalized spacial score (nSPS) is 22.6. The van der Waals surface area contributed by atoms with Gasteiger partial charge in [-0.05, 0) is 19.4 Å². The number of carbonyl (C=O) groups is 1. The molecule has 0 aliphatic carbocycles. The fraction of sp³-hybridized carbons (Fsp3) is 0.462. The third kappa shape index (κ3) is 2.02. The molecule has 0 spiro atoms. The largest absolute Gasteiger partial charge is 0.368 e. The first-order valence-electron chi connectivity index (χ1n) is 5.92. The van der Waals surface area contributed by atoms with Gasteiger partial charge in [0, 0.05) is 26.3 Å². The van der Waals surface area contributed by atoms with Crippen LogP contribution in [0.1, 0.15) is 18.9 Å². The number of hydrogen-bond donors (Lipinski definition) is 1. The summed E-state index contributed by atoms with van der Waals surface area (Å²) in [6, 6.07) is 3.86. The second-order valence-corrected chi connectivity index (χ2v) is 4.82. The van der Waals surface area contributed by atoms with Gasteiger partial charge in [0.15, 0.2) is 0 Å². The van der Waals surface area contributed by atoms with Crippen LogP contribution in [0.25, 0.3) is 0 Å². The number of nitrogens with zero attached hydrogens (tertiary/aromatic N) is 3. The summed E-state index contributed by atoms with van der Waals surface area (Å²) in [5.74, 6) is 0.0485. The lowest BCUT2D eigenvalue weighted by Crippen LogP contribution is -2.39. The zero-order valence-corrected chi connectivity index (χ0v) is 10.6. The van der Waals surface area contributed by atoms with Crippen molar-refractivity contribution < 1.29 is 4.79 Å². The highest BCUT2D eigenvalue weighted by Crippen LogP contribution is 2.34. The Morgan fingerprint density at radius 3 is 3.11 bits per heavy atom. The van der Waals surface area contributed by atoms with Crippen LogP contribution in [0.3, 0.4) is 0 Å². The van der Waals surface area contributed by atoms with Crippen molar-refractivity contribution in [1.29, 1.82) is 5.26 Å². The molecule has 1 aliphatic rings. The minimum atomic E-state index is -0.392. The summed E-state index contributed by atoms with van der Waals surface area (Å²) >= 11 is 0. The summed E-state index contributed by atoms with van der Waals surface area (Å²) in [7, 11) is 1.65. The Morgan fingerprint density at radius 2 is 2.44 bits per heavy atom. The maximum atomic E-state index is 11.8. The average molecular weight is 244 g/mol. The highest BCUT2D eigenvalue weighted by Gasteiger charge is 2.40. The molecule has 1 N–H and O–H groups in total. The van der Waals surface area contributed by atoms with E-state index in [2.05, 4.69) is 21.3 Å². The zero-order valence-electron chi connectivity index (χ0n) is 10.6. The molecule has 1 aromatic rings. The SMILES string of the molecule is CNC(=O)C1(C)CCN(c2cnccc2C#N)C1. The Hall–Kier alpha value is -2.09. The highest BCUT2D eigenvalue weighted by atomic mass is 16.2. The van der Waals surface area contributed by atoms with Gasteiger partial charge < -0.3 is 10.2 Å². The van der Waals surface area contributed by atoms with Gasteiger partial charge in [-0.2, -0.15) is 5.26 Å². The van der Waals surface area contributed by atoms with E-state index in [9.17, 15) is 4.79 Å². The summed E-state index contributed by atoms with van der Waals surface area (Å²) in [6.07, 6.45) is 4.08. The van der Waals surface area contributed by atoms with Gasteiger partial charge >= 0.3 is 0 Å². The third-order valence-corrected chi connectivity index (χ3v) is 3.51. The van der Waals surface area contributed by atoms with E-state index in [1.54, 1.807) is 25.5 Å². The molecule has 5 heteroatoms. The summed E-state index contributed by atoms with van der Waals surface area (Å²) < 4.78 is 0. The molecule has 1 unspecified atom stereocenters. The van der Waals surface area contributed by atoms with Crippen LogP contribution < -0.4 is 10.2 Å². The minimum Gasteiger partial charge on any atom is -0.368 e. The van der Waals surface area contributed by atoms with Gasteiger partial charge in [-0.15, -0.1) is 0 Å². The van der Waals surface area contributed by atoms with Crippen molar-refractivity contribution >= 4 is 11.6 Å². The molecule has 1 aromatic heterocycles. The molecule has 2 heterocycles. The smallest absolute Gasteiger partial charge is 0.227 e. The van der Waals surface area contributed by atoms with Gasteiger partial charge in [0.1, 0.15) is 6.07 Å². The van der Waals surface area contributed by atoms with Crippen molar-refractivity contribution in [3.05, 3.63) is 24.0 Å². The second-order valence-electron chi connectivity index (χ2n) is 4.82. The molecule has 0 aromatic carbocycles. The summed E-state index contributed by atoms with van der Waals surface area (Å²) in [5.41, 5.74) is 1.02. The first-order chi connectivity index (χ1) is 8.60. The summed E-state index contributed by atoms with van der Waals surface area (Å²) in [6.45, 7) is 3.34. The van der Waals surface area contributed by atoms with E-state index in [0.29, 0.717) is 12.1 Å². The van der Waals surface area contributed by atoms with E-state index in [1.807, 2.05) is 6.92 Å². The Bertz CT molecular complexity index is 508. The number of carbonyl (C=O) groups excluding carboxylic acids is 1. The highest BCUT2D eigenvalue weighted by molar-refractivity contribution is 5.83. The number of anilines is 1. The zero-order chi connectivity index (χ0) is 13.2. The van der Waals surface area contributed by atoms with Gasteiger partial charge in [-0.3, -0.25) is 9.78 Å². The number of hydrogen-bond acceptors (Lipinski definition) is 4. The monoisotopic (exact) mass is 244 g/mol. The summed E-state index contributed by atoms with van der Waals surface area (Å²) in [4.78, 5) is 18.0. The van der Waals surface area contributed by atoms with Gasteiger partial charge in [-0.1, -0.05) is 0 Å². The van der Waals surface area contributed by atoms with Crippen molar-refractivity contribution in [1.82, 2.24) is 10.3 Å². The number of pyridine rings is 1. The number of nitrogens with one attached hydrogen (secondary N) is 1. The molecule has 2 rings (SSSR count). The van der Waals surface area contributed by atoms with Crippen LogP contribution in [0.5, 0.6) is 0 Å². The number of rotatable bonds is 2. The molecule has 18 heavy (non-hydrogen) atoms. The Morgan fingerprint density at radius 1 is 1.67 bits per heavy atom. The molecule has 1 atom stereocenters. The maximum Gasteiger partial charge on any atom is 0.227 e. The van der Waals surface area contributed by atoms with Crippen molar-refractivity contribution in [3.8, 4) is 6.07 Å². The van der Waals surface area contributed by atoms with Crippen LogP contribution in [0.4, 0.5) is 5.69 Å². The molecule has 1 saturated heterocycles. The molecule has 94 valence electrons. The van der Waals surface area contributed by atoms with Crippen LogP contribution in [0.2, 0.25) is 0 Å². The van der Waals surface area contributed by atoms with Crippen LogP contribution >= 0.6 is 0 Å². The molecule has 1 aliphatic heterocycles. The predicted molar refractivity (Wildman–Crippen MR) is 68.0 cm³/mol. The van der Waals surface area contributed by atoms with Gasteiger partial charge in [0.2, 0.25) is 5.91 Å². The maximum absolute atomic E-state index is 11.8. The molecule has 0 saturated carbocycles. The molecular weight excluding hydrogens is 228 g/mol. The lowest BCUT2D eigenvalue weighted by Gasteiger charge is -2.24. The Kier molecular flexibility index (Phi) is 3.19. The molecule has 1 fully saturated rings. The van der Waals surface area contributed by atoms with E-state index in [-0.39, 0.29) is 5.91 Å². The molecule has 5 nitrogen and oxygen atoms in total. The lowest BCUT2D eigenvalue weighted by atomic mass is 9.89. The standard InChI is InChI=1S/C13H16N4O/c1-13(12(18)15-2)4-6-17(9-13)11-8-16-5-3-10(11)7-14/h3,5,8H,4,6,9H2,1-2H3,(H,15,18). The van der Waals surface area contributed by atoms with Crippen molar-refractivity contribution in [2.75, 3.05) is 25.0 Å². The van der Waals surface area contributed by atoms with Crippen molar-refractivity contribution in [2.24, 2.45) is 5.41 Å². The van der Waals surface area contributed by atoms with E-state index in [0.717, 1.165) is 18.7 Å². The summed E-state index contributed by atoms with van der Waals surface area (Å²) in [5, 5.41) is 11.8. The number of nitriles is 1. The molecule has 0 radical (unpaired) electrons. The van der Waals surface area contributed by atoms with E-state index < -0.39 is 5.41 Å². The predicted octanol–water partition coefficient (Wildman–Crippen LogP) is 0.916. The fourth-order valence-electron chi connectivity index (χ4n) is 2.39. The molecular formula is C13H16N4O.